The summed E-state index contributed by atoms with van der Waals surface area (Å²) in [6, 6.07) is 9.70. The Morgan fingerprint density at radius 2 is 2.00 bits per heavy atom. The monoisotopic (exact) mass is 411 g/mol. The van der Waals surface area contributed by atoms with Crippen LogP contribution in [0.2, 0.25) is 5.02 Å². The average Bonchev–Trinajstić information content (AvgIpc) is 3.29. The third-order valence-corrected chi connectivity index (χ3v) is 5.58. The van der Waals surface area contributed by atoms with E-state index < -0.39 is 0 Å². The maximum atomic E-state index is 12.5. The van der Waals surface area contributed by atoms with E-state index in [1.54, 1.807) is 10.6 Å². The molecule has 0 radical (unpaired) electrons. The number of nitrogens with zero attached hydrogens (tertiary/aromatic N) is 4. The lowest BCUT2D eigenvalue weighted by Gasteiger charge is -2.09. The van der Waals surface area contributed by atoms with Crippen LogP contribution in [0.15, 0.2) is 47.0 Å². The highest BCUT2D eigenvalue weighted by Gasteiger charge is 2.17. The van der Waals surface area contributed by atoms with Crippen LogP contribution in [0.3, 0.4) is 0 Å². The van der Waals surface area contributed by atoms with E-state index in [0.717, 1.165) is 27.6 Å². The number of aromatic nitrogens is 3. The van der Waals surface area contributed by atoms with Crippen LogP contribution in [0.1, 0.15) is 33.1 Å². The van der Waals surface area contributed by atoms with Crippen molar-refractivity contribution < 1.29 is 4.79 Å². The summed E-state index contributed by atoms with van der Waals surface area (Å²) in [6.07, 6.45) is 3.49. The molecule has 0 atom stereocenters. The van der Waals surface area contributed by atoms with Gasteiger partial charge < -0.3 is 4.57 Å². The van der Waals surface area contributed by atoms with Gasteiger partial charge in [-0.05, 0) is 51.1 Å². The Morgan fingerprint density at radius 1 is 1.25 bits per heavy atom. The number of aryl methyl sites for hydroxylation is 2. The molecule has 0 saturated carbocycles. The molecule has 3 heterocycles. The van der Waals surface area contributed by atoms with Crippen molar-refractivity contribution in [3.05, 3.63) is 75.3 Å². The highest BCUT2D eigenvalue weighted by molar-refractivity contribution is 7.15. The molecule has 0 bridgehead atoms. The highest BCUT2D eigenvalue weighted by atomic mass is 35.5. The van der Waals surface area contributed by atoms with Crippen LogP contribution in [-0.2, 0) is 0 Å². The number of rotatable bonds is 4. The molecule has 0 fully saturated rings. The second-order valence-electron chi connectivity index (χ2n) is 6.44. The minimum Gasteiger partial charge on any atom is -0.318 e. The number of hydrogen-bond donors (Lipinski definition) is 1. The van der Waals surface area contributed by atoms with Gasteiger partial charge in [-0.1, -0.05) is 11.6 Å². The van der Waals surface area contributed by atoms with Gasteiger partial charge in [0.15, 0.2) is 4.96 Å². The topological polar surface area (TPSA) is 63.7 Å². The van der Waals surface area contributed by atoms with Crippen molar-refractivity contribution in [2.24, 2.45) is 5.10 Å². The third kappa shape index (κ3) is 3.23. The maximum absolute atomic E-state index is 12.5. The summed E-state index contributed by atoms with van der Waals surface area (Å²) < 4.78 is 3.90. The number of imidazole rings is 1. The highest BCUT2D eigenvalue weighted by Crippen LogP contribution is 2.21. The molecule has 6 nitrogen and oxygen atoms in total. The molecule has 1 amide bonds. The summed E-state index contributed by atoms with van der Waals surface area (Å²) in [7, 11) is 0. The molecular weight excluding hydrogens is 394 g/mol. The maximum Gasteiger partial charge on any atom is 0.290 e. The normalized spacial score (nSPS) is 11.6. The van der Waals surface area contributed by atoms with Gasteiger partial charge in [0.05, 0.1) is 11.9 Å². The smallest absolute Gasteiger partial charge is 0.290 e. The zero-order valence-corrected chi connectivity index (χ0v) is 17.2. The fraction of sp³-hybridized carbons (Fsp3) is 0.150. The van der Waals surface area contributed by atoms with Crippen molar-refractivity contribution >= 4 is 40.0 Å². The zero-order valence-electron chi connectivity index (χ0n) is 15.6. The first kappa shape index (κ1) is 18.5. The molecule has 0 aliphatic heterocycles. The van der Waals surface area contributed by atoms with Crippen molar-refractivity contribution in [1.29, 1.82) is 0 Å². The minimum atomic E-state index is -0.286. The number of amides is 1. The summed E-state index contributed by atoms with van der Waals surface area (Å²) in [5.74, 6) is -0.286. The lowest BCUT2D eigenvalue weighted by atomic mass is 10.2. The van der Waals surface area contributed by atoms with Crippen molar-refractivity contribution in [2.75, 3.05) is 0 Å². The van der Waals surface area contributed by atoms with Crippen LogP contribution < -0.4 is 5.43 Å². The van der Waals surface area contributed by atoms with Gasteiger partial charge in [-0.25, -0.2) is 10.4 Å². The number of carbonyl (C=O) groups excluding carboxylic acids is 1. The Hall–Kier alpha value is -2.90. The van der Waals surface area contributed by atoms with Crippen molar-refractivity contribution in [3.63, 3.8) is 0 Å². The predicted octanol–water partition coefficient (Wildman–Crippen LogP) is 4.53. The molecular formula is C20H18ClN5OS. The summed E-state index contributed by atoms with van der Waals surface area (Å²) >= 11 is 7.48. The molecule has 0 unspecified atom stereocenters. The summed E-state index contributed by atoms with van der Waals surface area (Å²) in [6.45, 7) is 5.86. The minimum absolute atomic E-state index is 0.286. The Kier molecular flexibility index (Phi) is 4.78. The molecule has 3 aromatic heterocycles. The van der Waals surface area contributed by atoms with E-state index in [9.17, 15) is 4.79 Å². The first-order valence-electron chi connectivity index (χ1n) is 8.66. The number of hydrazone groups is 1. The Balaban J connectivity index is 1.56. The van der Waals surface area contributed by atoms with Gasteiger partial charge in [0, 0.05) is 39.2 Å². The summed E-state index contributed by atoms with van der Waals surface area (Å²) in [5.41, 5.74) is 7.84. The van der Waals surface area contributed by atoms with Crippen molar-refractivity contribution in [2.45, 2.75) is 20.8 Å². The van der Waals surface area contributed by atoms with Gasteiger partial charge in [0.2, 0.25) is 0 Å². The molecule has 4 rings (SSSR count). The molecule has 4 aromatic rings. The van der Waals surface area contributed by atoms with E-state index in [1.165, 1.54) is 11.3 Å². The fourth-order valence-corrected chi connectivity index (χ4v) is 4.17. The molecule has 0 saturated heterocycles. The zero-order chi connectivity index (χ0) is 19.8. The van der Waals surface area contributed by atoms with Gasteiger partial charge in [-0.2, -0.15) is 5.10 Å². The Bertz CT molecular complexity index is 1200. The Labute approximate surface area is 171 Å². The first-order valence-corrected chi connectivity index (χ1v) is 9.92. The third-order valence-electron chi connectivity index (χ3n) is 4.58. The van der Waals surface area contributed by atoms with Gasteiger partial charge in [0.25, 0.3) is 5.91 Å². The number of thiazole rings is 1. The van der Waals surface area contributed by atoms with E-state index in [2.05, 4.69) is 20.1 Å². The molecule has 0 aliphatic carbocycles. The van der Waals surface area contributed by atoms with E-state index in [0.29, 0.717) is 16.4 Å². The second-order valence-corrected chi connectivity index (χ2v) is 7.75. The van der Waals surface area contributed by atoms with E-state index in [1.807, 2.05) is 62.7 Å². The van der Waals surface area contributed by atoms with Crippen LogP contribution >= 0.6 is 22.9 Å². The first-order chi connectivity index (χ1) is 13.5. The molecule has 0 spiro atoms. The van der Waals surface area contributed by atoms with Gasteiger partial charge >= 0.3 is 0 Å². The van der Waals surface area contributed by atoms with Crippen LogP contribution in [0.25, 0.3) is 10.6 Å². The van der Waals surface area contributed by atoms with Gasteiger partial charge in [0.1, 0.15) is 5.69 Å². The van der Waals surface area contributed by atoms with E-state index >= 15 is 0 Å². The molecule has 1 aromatic carbocycles. The number of benzene rings is 1. The molecule has 8 heteroatoms. The summed E-state index contributed by atoms with van der Waals surface area (Å²) in [5, 5.41) is 6.75. The van der Waals surface area contributed by atoms with Crippen LogP contribution in [0.4, 0.5) is 0 Å². The number of fused-ring (bicyclic) bond motifs is 1. The van der Waals surface area contributed by atoms with E-state index in [-0.39, 0.29) is 5.91 Å². The predicted molar refractivity (Wildman–Crippen MR) is 113 cm³/mol. The van der Waals surface area contributed by atoms with E-state index in [4.69, 9.17) is 11.6 Å². The van der Waals surface area contributed by atoms with Crippen LogP contribution in [0.5, 0.6) is 0 Å². The Morgan fingerprint density at radius 3 is 2.75 bits per heavy atom. The number of hydrogen-bond acceptors (Lipinski definition) is 4. The quantitative estimate of drug-likeness (QED) is 0.396. The van der Waals surface area contributed by atoms with Gasteiger partial charge in [-0.15, -0.1) is 11.3 Å². The summed E-state index contributed by atoms with van der Waals surface area (Å²) in [4.78, 5) is 17.7. The lowest BCUT2D eigenvalue weighted by Crippen LogP contribution is -2.20. The largest absolute Gasteiger partial charge is 0.318 e. The molecule has 28 heavy (non-hydrogen) atoms. The SMILES string of the molecule is Cc1nc2sccn2c1C(=O)N/N=C\c1cc(C)n(-c2ccc(Cl)cc2)c1C. The van der Waals surface area contributed by atoms with Crippen LogP contribution in [0, 0.1) is 20.8 Å². The molecule has 142 valence electrons. The van der Waals surface area contributed by atoms with Gasteiger partial charge in [-0.3, -0.25) is 9.20 Å². The standard InChI is InChI=1S/C20H18ClN5OS/c1-12-10-15(14(3)26(12)17-6-4-16(21)5-7-17)11-22-24-19(27)18-13(2)23-20-25(18)8-9-28-20/h4-11H,1-3H3,(H,24,27)/b22-11-. The number of nitrogens with one attached hydrogen (secondary N) is 1. The number of halogens is 1. The number of carbonyl (C=O) groups is 1. The molecule has 1 N–H and O–H groups in total. The average molecular weight is 412 g/mol. The second kappa shape index (κ2) is 7.26. The van der Waals surface area contributed by atoms with Crippen molar-refractivity contribution in [1.82, 2.24) is 19.4 Å². The van der Waals surface area contributed by atoms with Crippen molar-refractivity contribution in [3.8, 4) is 5.69 Å². The fourth-order valence-electron chi connectivity index (χ4n) is 3.29. The van der Waals surface area contributed by atoms with Crippen LogP contribution in [-0.4, -0.2) is 26.1 Å². The molecule has 0 aliphatic rings. The lowest BCUT2D eigenvalue weighted by molar-refractivity contribution is 0.0948.